The van der Waals surface area contributed by atoms with E-state index < -0.39 is 0 Å². The number of rotatable bonds is 3. The molecule has 1 fully saturated rings. The number of aryl methyl sites for hydroxylation is 1. The first kappa shape index (κ1) is 12.1. The predicted octanol–water partition coefficient (Wildman–Crippen LogP) is 1.00. The van der Waals surface area contributed by atoms with Crippen LogP contribution in [-0.2, 0) is 11.3 Å². The second-order valence-corrected chi connectivity index (χ2v) is 4.75. The van der Waals surface area contributed by atoms with Gasteiger partial charge in [0.05, 0.1) is 6.54 Å². The first-order valence-electron chi connectivity index (χ1n) is 6.22. The Bertz CT molecular complexity index is 518. The van der Waals surface area contributed by atoms with Crippen molar-refractivity contribution in [3.8, 4) is 11.5 Å². The lowest BCUT2D eigenvalue weighted by molar-refractivity contribution is 0.134. The minimum absolute atomic E-state index is 0.207. The third-order valence-electron chi connectivity index (χ3n) is 3.40. The van der Waals surface area contributed by atoms with Crippen LogP contribution in [0.1, 0.15) is 11.1 Å². The van der Waals surface area contributed by atoms with Gasteiger partial charge in [-0.25, -0.2) is 4.79 Å². The molecule has 0 saturated carbocycles. The van der Waals surface area contributed by atoms with Gasteiger partial charge in [0.1, 0.15) is 6.10 Å². The Kier molecular flexibility index (Phi) is 2.94. The van der Waals surface area contributed by atoms with E-state index >= 15 is 0 Å². The van der Waals surface area contributed by atoms with Crippen molar-refractivity contribution >= 4 is 6.09 Å². The van der Waals surface area contributed by atoms with E-state index in [1.807, 2.05) is 19.1 Å². The molecule has 0 aliphatic carbocycles. The van der Waals surface area contributed by atoms with Gasteiger partial charge in [0, 0.05) is 13.1 Å². The number of fused-ring (bicyclic) bond motifs is 1. The van der Waals surface area contributed by atoms with Crippen molar-refractivity contribution in [2.75, 3.05) is 19.9 Å². The fraction of sp³-hybridized carbons (Fsp3) is 0.462. The highest BCUT2D eigenvalue weighted by Crippen LogP contribution is 2.35. The highest BCUT2D eigenvalue weighted by atomic mass is 16.7. The number of amides is 1. The van der Waals surface area contributed by atoms with E-state index in [4.69, 9.17) is 19.9 Å². The molecule has 0 bridgehead atoms. The van der Waals surface area contributed by atoms with Crippen molar-refractivity contribution in [3.05, 3.63) is 23.3 Å². The summed E-state index contributed by atoms with van der Waals surface area (Å²) in [4.78, 5) is 13.3. The zero-order chi connectivity index (χ0) is 13.4. The van der Waals surface area contributed by atoms with Crippen LogP contribution in [0.4, 0.5) is 4.79 Å². The van der Waals surface area contributed by atoms with Crippen molar-refractivity contribution in [1.82, 2.24) is 4.90 Å². The van der Waals surface area contributed by atoms with Crippen LogP contribution in [-0.4, -0.2) is 37.0 Å². The summed E-state index contributed by atoms with van der Waals surface area (Å²) in [5, 5.41) is 0. The lowest BCUT2D eigenvalue weighted by Gasteiger charge is -2.15. The average molecular weight is 264 g/mol. The molecule has 2 N–H and O–H groups in total. The number of carbonyl (C=O) groups is 1. The summed E-state index contributed by atoms with van der Waals surface area (Å²) in [6.07, 6.45) is -0.519. The van der Waals surface area contributed by atoms with E-state index in [1.165, 1.54) is 0 Å². The Morgan fingerprint density at radius 2 is 2.11 bits per heavy atom. The molecule has 6 heteroatoms. The van der Waals surface area contributed by atoms with E-state index in [0.29, 0.717) is 19.6 Å². The van der Waals surface area contributed by atoms with Crippen LogP contribution in [0.5, 0.6) is 11.5 Å². The Labute approximate surface area is 111 Å². The summed E-state index contributed by atoms with van der Waals surface area (Å²) in [5.41, 5.74) is 7.60. The molecule has 1 amide bonds. The Morgan fingerprint density at radius 3 is 2.79 bits per heavy atom. The van der Waals surface area contributed by atoms with E-state index in [-0.39, 0.29) is 19.0 Å². The molecule has 1 atom stereocenters. The lowest BCUT2D eigenvalue weighted by atomic mass is 10.1. The van der Waals surface area contributed by atoms with Crippen LogP contribution in [0.25, 0.3) is 0 Å². The summed E-state index contributed by atoms with van der Waals surface area (Å²) in [6, 6.07) is 3.85. The van der Waals surface area contributed by atoms with Gasteiger partial charge in [0.25, 0.3) is 0 Å². The largest absolute Gasteiger partial charge is 0.454 e. The van der Waals surface area contributed by atoms with Gasteiger partial charge in [0.15, 0.2) is 11.5 Å². The molecule has 2 aliphatic rings. The molecule has 0 radical (unpaired) electrons. The topological polar surface area (TPSA) is 74.0 Å². The van der Waals surface area contributed by atoms with Crippen LogP contribution < -0.4 is 15.2 Å². The third kappa shape index (κ3) is 2.19. The number of benzene rings is 1. The number of hydrogen-bond acceptors (Lipinski definition) is 5. The van der Waals surface area contributed by atoms with Gasteiger partial charge in [-0.15, -0.1) is 0 Å². The maximum Gasteiger partial charge on any atom is 0.410 e. The van der Waals surface area contributed by atoms with Gasteiger partial charge in [-0.1, -0.05) is 0 Å². The van der Waals surface area contributed by atoms with Gasteiger partial charge in [-0.2, -0.15) is 0 Å². The lowest BCUT2D eigenvalue weighted by Crippen LogP contribution is -2.27. The van der Waals surface area contributed by atoms with E-state index in [2.05, 4.69) is 0 Å². The Morgan fingerprint density at radius 1 is 1.37 bits per heavy atom. The van der Waals surface area contributed by atoms with Crippen LogP contribution in [0.3, 0.4) is 0 Å². The van der Waals surface area contributed by atoms with Crippen molar-refractivity contribution in [2.24, 2.45) is 5.73 Å². The van der Waals surface area contributed by atoms with Crippen molar-refractivity contribution in [1.29, 1.82) is 0 Å². The van der Waals surface area contributed by atoms with Crippen LogP contribution in [0.15, 0.2) is 12.1 Å². The zero-order valence-electron chi connectivity index (χ0n) is 10.7. The standard InChI is InChI=1S/C13H16N2O4/c1-8-2-11-12(18-7-17-11)3-9(8)5-15-6-10(4-14)19-13(15)16/h2-3,10H,4-7,14H2,1H3. The molecule has 1 aromatic rings. The minimum Gasteiger partial charge on any atom is -0.454 e. The molecule has 1 aromatic carbocycles. The van der Waals surface area contributed by atoms with E-state index in [0.717, 1.165) is 22.6 Å². The molecular weight excluding hydrogens is 248 g/mol. The monoisotopic (exact) mass is 264 g/mol. The second-order valence-electron chi connectivity index (χ2n) is 4.75. The summed E-state index contributed by atoms with van der Waals surface area (Å²) >= 11 is 0. The fourth-order valence-electron chi connectivity index (χ4n) is 2.29. The number of nitrogens with zero attached hydrogens (tertiary/aromatic N) is 1. The summed E-state index contributed by atoms with van der Waals surface area (Å²) in [5.74, 6) is 1.48. The molecule has 0 aromatic heterocycles. The molecule has 1 unspecified atom stereocenters. The number of carbonyl (C=O) groups excluding carboxylic acids is 1. The van der Waals surface area contributed by atoms with Gasteiger partial charge >= 0.3 is 6.09 Å². The molecule has 2 aliphatic heterocycles. The van der Waals surface area contributed by atoms with E-state index in [1.54, 1.807) is 4.90 Å². The number of cyclic esters (lactones) is 1. The van der Waals surface area contributed by atoms with Gasteiger partial charge in [-0.3, -0.25) is 0 Å². The maximum atomic E-state index is 11.7. The quantitative estimate of drug-likeness (QED) is 0.881. The second kappa shape index (κ2) is 4.62. The highest BCUT2D eigenvalue weighted by Gasteiger charge is 2.30. The average Bonchev–Trinajstić information content (AvgIpc) is 2.97. The summed E-state index contributed by atoms with van der Waals surface area (Å²) in [6.45, 7) is 3.61. The molecule has 19 heavy (non-hydrogen) atoms. The molecule has 102 valence electrons. The minimum atomic E-state index is -0.312. The predicted molar refractivity (Wildman–Crippen MR) is 67.0 cm³/mol. The number of hydrogen-bond donors (Lipinski definition) is 1. The van der Waals surface area contributed by atoms with E-state index in [9.17, 15) is 4.79 Å². The smallest absolute Gasteiger partial charge is 0.410 e. The normalized spacial score (nSPS) is 20.8. The Balaban J connectivity index is 1.78. The van der Waals surface area contributed by atoms with Gasteiger partial charge in [-0.05, 0) is 30.2 Å². The number of nitrogens with two attached hydrogens (primary N) is 1. The van der Waals surface area contributed by atoms with Crippen molar-refractivity contribution < 1.29 is 19.0 Å². The molecule has 6 nitrogen and oxygen atoms in total. The van der Waals surface area contributed by atoms with Crippen molar-refractivity contribution in [3.63, 3.8) is 0 Å². The number of ether oxygens (including phenoxy) is 3. The van der Waals surface area contributed by atoms with Crippen LogP contribution in [0, 0.1) is 6.92 Å². The SMILES string of the molecule is Cc1cc2c(cc1CN1CC(CN)OC1=O)OCO2. The van der Waals surface area contributed by atoms with Gasteiger partial charge in [0.2, 0.25) is 6.79 Å². The highest BCUT2D eigenvalue weighted by molar-refractivity contribution is 5.70. The first-order chi connectivity index (χ1) is 9.17. The van der Waals surface area contributed by atoms with Gasteiger partial charge < -0.3 is 24.8 Å². The maximum absolute atomic E-state index is 11.7. The van der Waals surface area contributed by atoms with Crippen LogP contribution in [0.2, 0.25) is 0 Å². The fourth-order valence-corrected chi connectivity index (χ4v) is 2.29. The molecule has 1 saturated heterocycles. The third-order valence-corrected chi connectivity index (χ3v) is 3.40. The molecule has 2 heterocycles. The zero-order valence-corrected chi connectivity index (χ0v) is 10.7. The summed E-state index contributed by atoms with van der Waals surface area (Å²) in [7, 11) is 0. The summed E-state index contributed by atoms with van der Waals surface area (Å²) < 4.78 is 15.8. The molecule has 0 spiro atoms. The first-order valence-corrected chi connectivity index (χ1v) is 6.22. The van der Waals surface area contributed by atoms with Crippen molar-refractivity contribution in [2.45, 2.75) is 19.6 Å². The Hall–Kier alpha value is -1.95. The van der Waals surface area contributed by atoms with Crippen LogP contribution >= 0.6 is 0 Å². The molecule has 3 rings (SSSR count). The molecular formula is C13H16N2O4.